The number of benzene rings is 2. The molecule has 0 aromatic heterocycles. The number of hydrogen-bond acceptors (Lipinski definition) is 0. The number of hydrogen-bond donors (Lipinski definition) is 0. The molecular formula is C18H14F4. The third-order valence-corrected chi connectivity index (χ3v) is 4.08. The SMILES string of the molecule is CCc1ccc(C2=CCc3c(cc(F)c(F)c3F)C2)c(F)c1. The summed E-state index contributed by atoms with van der Waals surface area (Å²) in [5.41, 5.74) is 2.49. The zero-order valence-electron chi connectivity index (χ0n) is 12.0. The van der Waals surface area contributed by atoms with E-state index in [2.05, 4.69) is 0 Å². The van der Waals surface area contributed by atoms with Crippen molar-refractivity contribution in [3.8, 4) is 0 Å². The van der Waals surface area contributed by atoms with Gasteiger partial charge in [0.05, 0.1) is 0 Å². The van der Waals surface area contributed by atoms with Crippen molar-refractivity contribution in [2.45, 2.75) is 26.2 Å². The normalized spacial score (nSPS) is 13.8. The van der Waals surface area contributed by atoms with Crippen LogP contribution in [0.4, 0.5) is 17.6 Å². The van der Waals surface area contributed by atoms with Crippen molar-refractivity contribution in [2.75, 3.05) is 0 Å². The van der Waals surface area contributed by atoms with E-state index in [0.717, 1.165) is 18.1 Å². The highest BCUT2D eigenvalue weighted by atomic mass is 19.2. The molecule has 0 saturated heterocycles. The molecule has 22 heavy (non-hydrogen) atoms. The molecule has 0 N–H and O–H groups in total. The topological polar surface area (TPSA) is 0 Å². The van der Waals surface area contributed by atoms with Gasteiger partial charge in [0.2, 0.25) is 0 Å². The monoisotopic (exact) mass is 306 g/mol. The van der Waals surface area contributed by atoms with Crippen molar-refractivity contribution in [1.82, 2.24) is 0 Å². The van der Waals surface area contributed by atoms with Crippen LogP contribution in [-0.2, 0) is 19.3 Å². The predicted molar refractivity (Wildman–Crippen MR) is 77.5 cm³/mol. The molecule has 0 amide bonds. The second-order valence-electron chi connectivity index (χ2n) is 5.40. The Bertz CT molecular complexity index is 775. The summed E-state index contributed by atoms with van der Waals surface area (Å²) in [5.74, 6) is -4.16. The minimum absolute atomic E-state index is 0.128. The van der Waals surface area contributed by atoms with Crippen LogP contribution < -0.4 is 0 Å². The summed E-state index contributed by atoms with van der Waals surface area (Å²) in [5, 5.41) is 0. The predicted octanol–water partition coefficient (Wildman–Crippen LogP) is 4.99. The van der Waals surface area contributed by atoms with Gasteiger partial charge in [-0.3, -0.25) is 0 Å². The van der Waals surface area contributed by atoms with Gasteiger partial charge in [-0.05, 0) is 53.7 Å². The van der Waals surface area contributed by atoms with Gasteiger partial charge in [0.15, 0.2) is 17.5 Å². The third-order valence-electron chi connectivity index (χ3n) is 4.08. The van der Waals surface area contributed by atoms with E-state index in [-0.39, 0.29) is 24.2 Å². The molecule has 0 heterocycles. The van der Waals surface area contributed by atoms with Crippen LogP contribution in [0.5, 0.6) is 0 Å². The zero-order valence-corrected chi connectivity index (χ0v) is 12.0. The van der Waals surface area contributed by atoms with Crippen molar-refractivity contribution in [3.05, 3.63) is 75.9 Å². The van der Waals surface area contributed by atoms with E-state index in [4.69, 9.17) is 0 Å². The van der Waals surface area contributed by atoms with Crippen molar-refractivity contribution in [2.24, 2.45) is 0 Å². The molecule has 0 fully saturated rings. The van der Waals surface area contributed by atoms with Gasteiger partial charge in [-0.1, -0.05) is 25.1 Å². The number of rotatable bonds is 2. The van der Waals surface area contributed by atoms with Crippen molar-refractivity contribution < 1.29 is 17.6 Å². The molecule has 1 aliphatic rings. The van der Waals surface area contributed by atoms with E-state index in [0.29, 0.717) is 16.7 Å². The summed E-state index contributed by atoms with van der Waals surface area (Å²) in [7, 11) is 0. The van der Waals surface area contributed by atoms with Gasteiger partial charge in [-0.2, -0.15) is 0 Å². The molecule has 0 bridgehead atoms. The highest BCUT2D eigenvalue weighted by Gasteiger charge is 2.22. The average Bonchev–Trinajstić information content (AvgIpc) is 2.52. The van der Waals surface area contributed by atoms with Gasteiger partial charge in [0.1, 0.15) is 5.82 Å². The molecule has 0 radical (unpaired) electrons. The Morgan fingerprint density at radius 3 is 2.41 bits per heavy atom. The lowest BCUT2D eigenvalue weighted by atomic mass is 9.87. The summed E-state index contributed by atoms with van der Waals surface area (Å²) in [6, 6.07) is 5.98. The smallest absolute Gasteiger partial charge is 0.194 e. The van der Waals surface area contributed by atoms with Gasteiger partial charge in [0, 0.05) is 5.56 Å². The minimum Gasteiger partial charge on any atom is -0.206 e. The standard InChI is InChI=1S/C18H14F4/c1-2-10-3-5-13(15(19)7-10)11-4-6-14-12(8-11)9-16(20)18(22)17(14)21/h3-5,7,9H,2,6,8H2,1H3. The molecule has 3 rings (SSSR count). The van der Waals surface area contributed by atoms with Crippen LogP contribution in [-0.4, -0.2) is 0 Å². The highest BCUT2D eigenvalue weighted by Crippen LogP contribution is 2.32. The van der Waals surface area contributed by atoms with Gasteiger partial charge in [-0.15, -0.1) is 0 Å². The molecule has 0 aliphatic heterocycles. The number of halogens is 4. The van der Waals surface area contributed by atoms with Crippen LogP contribution in [0.1, 0.15) is 29.2 Å². The fourth-order valence-electron chi connectivity index (χ4n) is 2.81. The first-order chi connectivity index (χ1) is 10.5. The van der Waals surface area contributed by atoms with Crippen LogP contribution in [0, 0.1) is 23.3 Å². The second-order valence-corrected chi connectivity index (χ2v) is 5.40. The van der Waals surface area contributed by atoms with Crippen LogP contribution >= 0.6 is 0 Å². The van der Waals surface area contributed by atoms with Crippen LogP contribution in [0.3, 0.4) is 0 Å². The average molecular weight is 306 g/mol. The Hall–Kier alpha value is -2.10. The first kappa shape index (κ1) is 14.8. The van der Waals surface area contributed by atoms with Crippen LogP contribution in [0.15, 0.2) is 30.3 Å². The van der Waals surface area contributed by atoms with Gasteiger partial charge >= 0.3 is 0 Å². The Morgan fingerprint density at radius 1 is 0.955 bits per heavy atom. The quantitative estimate of drug-likeness (QED) is 0.542. The van der Waals surface area contributed by atoms with Crippen molar-refractivity contribution in [1.29, 1.82) is 0 Å². The Morgan fingerprint density at radius 2 is 1.73 bits per heavy atom. The molecule has 114 valence electrons. The molecular weight excluding hydrogens is 292 g/mol. The van der Waals surface area contributed by atoms with Crippen molar-refractivity contribution >= 4 is 5.57 Å². The maximum atomic E-state index is 14.2. The minimum atomic E-state index is -1.45. The lowest BCUT2D eigenvalue weighted by Crippen LogP contribution is -2.09. The fraction of sp³-hybridized carbons (Fsp3) is 0.222. The number of fused-ring (bicyclic) bond motifs is 1. The molecule has 4 heteroatoms. The maximum absolute atomic E-state index is 14.2. The summed E-state index contributed by atoms with van der Waals surface area (Å²) in [6.45, 7) is 1.94. The molecule has 0 atom stereocenters. The third kappa shape index (κ3) is 2.43. The fourth-order valence-corrected chi connectivity index (χ4v) is 2.81. The van der Waals surface area contributed by atoms with E-state index in [1.165, 1.54) is 6.07 Å². The second kappa shape index (κ2) is 5.59. The summed E-state index contributed by atoms with van der Waals surface area (Å²) in [6.07, 6.45) is 2.72. The van der Waals surface area contributed by atoms with Gasteiger partial charge < -0.3 is 0 Å². The van der Waals surface area contributed by atoms with Crippen LogP contribution in [0.2, 0.25) is 0 Å². The Kier molecular flexibility index (Phi) is 3.77. The van der Waals surface area contributed by atoms with Gasteiger partial charge in [-0.25, -0.2) is 17.6 Å². The molecule has 0 nitrogen and oxygen atoms in total. The van der Waals surface area contributed by atoms with E-state index < -0.39 is 17.5 Å². The molecule has 2 aromatic carbocycles. The summed E-state index contributed by atoms with van der Waals surface area (Å²) in [4.78, 5) is 0. The Balaban J connectivity index is 2.00. The van der Waals surface area contributed by atoms with E-state index in [1.807, 2.05) is 13.0 Å². The van der Waals surface area contributed by atoms with E-state index in [1.54, 1.807) is 12.1 Å². The Labute approximate surface area is 126 Å². The number of aryl methyl sites for hydroxylation is 1. The molecule has 2 aromatic rings. The van der Waals surface area contributed by atoms with Crippen molar-refractivity contribution in [3.63, 3.8) is 0 Å². The lowest BCUT2D eigenvalue weighted by molar-refractivity contribution is 0.440. The van der Waals surface area contributed by atoms with E-state index >= 15 is 0 Å². The first-order valence-corrected chi connectivity index (χ1v) is 7.14. The largest absolute Gasteiger partial charge is 0.206 e. The molecule has 1 aliphatic carbocycles. The zero-order chi connectivity index (χ0) is 15.9. The van der Waals surface area contributed by atoms with E-state index in [9.17, 15) is 17.6 Å². The molecule has 0 saturated carbocycles. The first-order valence-electron chi connectivity index (χ1n) is 7.14. The van der Waals surface area contributed by atoms with Gasteiger partial charge in [0.25, 0.3) is 0 Å². The molecule has 0 unspecified atom stereocenters. The lowest BCUT2D eigenvalue weighted by Gasteiger charge is -2.19. The maximum Gasteiger partial charge on any atom is 0.194 e. The summed E-state index contributed by atoms with van der Waals surface area (Å²) >= 11 is 0. The number of allylic oxidation sites excluding steroid dienone is 2. The highest BCUT2D eigenvalue weighted by molar-refractivity contribution is 5.71. The summed E-state index contributed by atoms with van der Waals surface area (Å²) < 4.78 is 54.5. The van der Waals surface area contributed by atoms with Crippen LogP contribution in [0.25, 0.3) is 5.57 Å². The molecule has 0 spiro atoms.